The SMILES string of the molecule is Cc1[nH]nc2ncc(-c3cn(-c4cc(C(=O)Nc5ccc(CN6CCN(C)CC6)c(C(F)(F)F)c5)ccc4Cl)nn3)cc12. The average molecular weight is 610 g/mol. The van der Waals surface area contributed by atoms with Crippen molar-refractivity contribution in [3.63, 3.8) is 0 Å². The van der Waals surface area contributed by atoms with Crippen molar-refractivity contribution in [1.29, 1.82) is 0 Å². The van der Waals surface area contributed by atoms with Gasteiger partial charge in [0.15, 0.2) is 5.65 Å². The van der Waals surface area contributed by atoms with Gasteiger partial charge >= 0.3 is 6.18 Å². The van der Waals surface area contributed by atoms with E-state index < -0.39 is 17.6 Å². The van der Waals surface area contributed by atoms with Crippen LogP contribution >= 0.6 is 11.6 Å². The van der Waals surface area contributed by atoms with E-state index in [9.17, 15) is 18.0 Å². The van der Waals surface area contributed by atoms with Gasteiger partial charge in [0.05, 0.1) is 22.5 Å². The molecule has 222 valence electrons. The van der Waals surface area contributed by atoms with Gasteiger partial charge in [0.25, 0.3) is 5.91 Å². The van der Waals surface area contributed by atoms with Crippen LogP contribution in [0.2, 0.25) is 5.02 Å². The first-order chi connectivity index (χ1) is 20.5. The minimum Gasteiger partial charge on any atom is -0.322 e. The van der Waals surface area contributed by atoms with Gasteiger partial charge in [0, 0.05) is 66.8 Å². The Morgan fingerprint density at radius 2 is 1.88 bits per heavy atom. The summed E-state index contributed by atoms with van der Waals surface area (Å²) in [6.07, 6.45) is -1.29. The van der Waals surface area contributed by atoms with Crippen LogP contribution in [0.5, 0.6) is 0 Å². The number of piperazine rings is 1. The van der Waals surface area contributed by atoms with E-state index in [1.165, 1.54) is 35.0 Å². The highest BCUT2D eigenvalue weighted by atomic mass is 35.5. The van der Waals surface area contributed by atoms with Crippen LogP contribution in [0.25, 0.3) is 28.0 Å². The normalized spacial score (nSPS) is 14.8. The molecule has 0 radical (unpaired) electrons. The molecule has 1 amide bonds. The van der Waals surface area contributed by atoms with Gasteiger partial charge in [-0.3, -0.25) is 14.8 Å². The number of anilines is 1. The molecule has 14 heteroatoms. The molecule has 0 aliphatic carbocycles. The molecule has 0 atom stereocenters. The van der Waals surface area contributed by atoms with E-state index in [0.29, 0.717) is 40.7 Å². The van der Waals surface area contributed by atoms with Crippen molar-refractivity contribution in [2.24, 2.45) is 0 Å². The first-order valence-corrected chi connectivity index (χ1v) is 13.9. The van der Waals surface area contributed by atoms with E-state index in [1.807, 2.05) is 24.9 Å². The van der Waals surface area contributed by atoms with Gasteiger partial charge in [-0.1, -0.05) is 22.9 Å². The predicted octanol–water partition coefficient (Wildman–Crippen LogP) is 5.19. The van der Waals surface area contributed by atoms with Gasteiger partial charge < -0.3 is 10.2 Å². The quantitative estimate of drug-likeness (QED) is 0.273. The number of alkyl halides is 3. The summed E-state index contributed by atoms with van der Waals surface area (Å²) < 4.78 is 43.5. The van der Waals surface area contributed by atoms with E-state index in [2.05, 4.69) is 35.7 Å². The molecule has 3 aromatic heterocycles. The highest BCUT2D eigenvalue weighted by molar-refractivity contribution is 6.32. The van der Waals surface area contributed by atoms with Crippen LogP contribution in [0.1, 0.15) is 27.2 Å². The third-order valence-electron chi connectivity index (χ3n) is 7.51. The number of pyridine rings is 1. The molecule has 4 heterocycles. The molecule has 0 unspecified atom stereocenters. The Balaban J connectivity index is 1.22. The number of halogens is 4. The third-order valence-corrected chi connectivity index (χ3v) is 7.83. The van der Waals surface area contributed by atoms with E-state index in [1.54, 1.807) is 12.4 Å². The maximum atomic E-state index is 14.0. The van der Waals surface area contributed by atoms with Crippen molar-refractivity contribution in [3.8, 4) is 16.9 Å². The van der Waals surface area contributed by atoms with Crippen LogP contribution in [0, 0.1) is 6.92 Å². The molecule has 1 aliphatic rings. The topological polar surface area (TPSA) is 108 Å². The standard InChI is InChI=1S/C29H27ClF3N9O/c1-17-22-11-20(14-34-27(22)38-36-17)25-16-42(39-37-25)26-12-18(4-6-24(26)30)28(43)35-21-5-3-19(23(13-21)29(31,32)33)15-41-9-7-40(2)8-10-41/h3-6,11-14,16H,7-10,15H2,1-2H3,(H,35,43)(H,34,36,38). The zero-order valence-corrected chi connectivity index (χ0v) is 24.0. The van der Waals surface area contributed by atoms with Crippen LogP contribution in [0.3, 0.4) is 0 Å². The Bertz CT molecular complexity index is 1810. The number of likely N-dealkylation sites (N-methyl/N-ethyl adjacent to an activating group) is 1. The maximum absolute atomic E-state index is 14.0. The number of carbonyl (C=O) groups is 1. The Morgan fingerprint density at radius 1 is 1.09 bits per heavy atom. The molecule has 0 saturated carbocycles. The summed E-state index contributed by atoms with van der Waals surface area (Å²) in [6.45, 7) is 5.05. The fraction of sp³-hybridized carbons (Fsp3) is 0.276. The lowest BCUT2D eigenvalue weighted by molar-refractivity contribution is -0.138. The fourth-order valence-corrected chi connectivity index (χ4v) is 5.21. The lowest BCUT2D eigenvalue weighted by Crippen LogP contribution is -2.44. The number of aromatic amines is 1. The molecule has 1 fully saturated rings. The number of nitrogens with zero attached hydrogens (tertiary/aromatic N) is 7. The Morgan fingerprint density at radius 3 is 2.65 bits per heavy atom. The van der Waals surface area contributed by atoms with E-state index in [4.69, 9.17) is 11.6 Å². The molecule has 6 rings (SSSR count). The first kappa shape index (κ1) is 28.8. The number of fused-ring (bicyclic) bond motifs is 1. The van der Waals surface area contributed by atoms with Crippen molar-refractivity contribution in [1.82, 2.24) is 40.0 Å². The number of carbonyl (C=O) groups excluding carboxylic acids is 1. The van der Waals surface area contributed by atoms with Crippen molar-refractivity contribution in [3.05, 3.63) is 82.3 Å². The Hall–Kier alpha value is -4.33. The van der Waals surface area contributed by atoms with Crippen molar-refractivity contribution in [2.75, 3.05) is 38.5 Å². The summed E-state index contributed by atoms with van der Waals surface area (Å²) in [5, 5.41) is 19.2. The average Bonchev–Trinajstić information content (AvgIpc) is 3.62. The minimum absolute atomic E-state index is 0.0384. The summed E-state index contributed by atoms with van der Waals surface area (Å²) in [6, 6.07) is 10.3. The van der Waals surface area contributed by atoms with Crippen LogP contribution < -0.4 is 5.32 Å². The van der Waals surface area contributed by atoms with E-state index in [0.717, 1.165) is 30.2 Å². The summed E-state index contributed by atoms with van der Waals surface area (Å²) in [5.74, 6) is -0.594. The lowest BCUT2D eigenvalue weighted by Gasteiger charge is -2.33. The van der Waals surface area contributed by atoms with E-state index >= 15 is 0 Å². The number of amides is 1. The molecular weight excluding hydrogens is 583 g/mol. The lowest BCUT2D eigenvalue weighted by atomic mass is 10.0. The third kappa shape index (κ3) is 6.10. The van der Waals surface area contributed by atoms with Crippen LogP contribution in [-0.2, 0) is 12.7 Å². The molecule has 2 aromatic carbocycles. The van der Waals surface area contributed by atoms with Crippen molar-refractivity contribution < 1.29 is 18.0 Å². The second-order valence-corrected chi connectivity index (χ2v) is 11.0. The zero-order valence-electron chi connectivity index (χ0n) is 23.3. The van der Waals surface area contributed by atoms with Crippen molar-refractivity contribution in [2.45, 2.75) is 19.6 Å². The Kier molecular flexibility index (Phi) is 7.63. The van der Waals surface area contributed by atoms with Gasteiger partial charge in [0.2, 0.25) is 0 Å². The second-order valence-electron chi connectivity index (χ2n) is 10.6. The van der Waals surface area contributed by atoms with Gasteiger partial charge in [-0.05, 0) is 55.9 Å². The van der Waals surface area contributed by atoms with Crippen LogP contribution in [0.4, 0.5) is 18.9 Å². The molecule has 1 aliphatic heterocycles. The molecule has 2 N–H and O–H groups in total. The van der Waals surface area contributed by atoms with Crippen LogP contribution in [0.15, 0.2) is 54.9 Å². The number of nitrogens with one attached hydrogen (secondary N) is 2. The number of aromatic nitrogens is 6. The molecule has 43 heavy (non-hydrogen) atoms. The number of hydrogen-bond donors (Lipinski definition) is 2. The number of aryl methyl sites for hydroxylation is 1. The summed E-state index contributed by atoms with van der Waals surface area (Å²) >= 11 is 6.43. The molecular formula is C29H27ClF3N9O. The van der Waals surface area contributed by atoms with Crippen LogP contribution in [-0.4, -0.2) is 79.1 Å². The summed E-state index contributed by atoms with van der Waals surface area (Å²) in [4.78, 5) is 21.6. The maximum Gasteiger partial charge on any atom is 0.416 e. The fourth-order valence-electron chi connectivity index (χ4n) is 5.01. The predicted molar refractivity (Wildman–Crippen MR) is 156 cm³/mol. The number of rotatable bonds is 6. The van der Waals surface area contributed by atoms with Crippen molar-refractivity contribution >= 4 is 34.2 Å². The number of benzene rings is 2. The highest BCUT2D eigenvalue weighted by Crippen LogP contribution is 2.35. The number of H-pyrrole nitrogens is 1. The monoisotopic (exact) mass is 609 g/mol. The highest BCUT2D eigenvalue weighted by Gasteiger charge is 2.34. The molecule has 0 spiro atoms. The molecule has 5 aromatic rings. The minimum atomic E-state index is -4.57. The van der Waals surface area contributed by atoms with E-state index in [-0.39, 0.29) is 23.4 Å². The van der Waals surface area contributed by atoms with Gasteiger partial charge in [-0.15, -0.1) is 5.10 Å². The largest absolute Gasteiger partial charge is 0.416 e. The summed E-state index contributed by atoms with van der Waals surface area (Å²) in [7, 11) is 1.99. The zero-order chi connectivity index (χ0) is 30.3. The van der Waals surface area contributed by atoms with Gasteiger partial charge in [-0.25, -0.2) is 9.67 Å². The second kappa shape index (κ2) is 11.4. The molecule has 10 nitrogen and oxygen atoms in total. The number of hydrogen-bond acceptors (Lipinski definition) is 7. The smallest absolute Gasteiger partial charge is 0.322 e. The summed E-state index contributed by atoms with van der Waals surface area (Å²) in [5.41, 5.74) is 2.69. The first-order valence-electron chi connectivity index (χ1n) is 13.5. The molecule has 0 bridgehead atoms. The molecule has 1 saturated heterocycles. The van der Waals surface area contributed by atoms with Gasteiger partial charge in [-0.2, -0.15) is 18.3 Å². The van der Waals surface area contributed by atoms with Gasteiger partial charge in [0.1, 0.15) is 5.69 Å². The Labute approximate surface area is 249 Å².